The number of imidazole rings is 1. The molecule has 2 aromatic rings. The van der Waals surface area contributed by atoms with E-state index in [1.165, 1.54) is 6.33 Å². The van der Waals surface area contributed by atoms with Gasteiger partial charge in [0.25, 0.3) is 0 Å². The van der Waals surface area contributed by atoms with Crippen LogP contribution < -0.4 is 5.73 Å². The molecule has 3 heterocycles. The minimum Gasteiger partial charge on any atom is -0.481 e. The molecule has 1 aliphatic carbocycles. The van der Waals surface area contributed by atoms with E-state index in [1.54, 1.807) is 13.4 Å². The molecule has 0 unspecified atom stereocenters. The number of rotatable bonds is 10. The van der Waals surface area contributed by atoms with Gasteiger partial charge in [-0.05, 0) is 52.9 Å². The van der Waals surface area contributed by atoms with Crippen LogP contribution in [0, 0.1) is 5.92 Å². The Bertz CT molecular complexity index is 1000. The maximum atomic E-state index is 10.9. The Balaban J connectivity index is 1.52. The molecular weight excluding hydrogens is 440 g/mol. The third-order valence-corrected chi connectivity index (χ3v) is 6.94. The van der Waals surface area contributed by atoms with Crippen molar-refractivity contribution in [3.05, 3.63) is 12.7 Å². The summed E-state index contributed by atoms with van der Waals surface area (Å²) in [6.07, 6.45) is 4.86. The average molecular weight is 477 g/mol. The first-order valence-corrected chi connectivity index (χ1v) is 11.9. The number of nitrogens with two attached hydrogens (primary N) is 1. The van der Waals surface area contributed by atoms with Crippen LogP contribution in [0.15, 0.2) is 12.7 Å². The van der Waals surface area contributed by atoms with E-state index in [9.17, 15) is 4.79 Å². The smallest absolute Gasteiger partial charge is 0.303 e. The van der Waals surface area contributed by atoms with E-state index in [4.69, 9.17) is 25.1 Å². The van der Waals surface area contributed by atoms with Gasteiger partial charge in [-0.25, -0.2) is 15.0 Å². The molecule has 1 saturated heterocycles. The summed E-state index contributed by atoms with van der Waals surface area (Å²) < 4.78 is 20.5. The van der Waals surface area contributed by atoms with Crippen molar-refractivity contribution in [2.75, 3.05) is 19.4 Å². The molecule has 188 valence electrons. The van der Waals surface area contributed by atoms with Crippen molar-refractivity contribution in [2.24, 2.45) is 5.92 Å². The van der Waals surface area contributed by atoms with Crippen LogP contribution in [0.1, 0.15) is 59.6 Å². The summed E-state index contributed by atoms with van der Waals surface area (Å²) in [4.78, 5) is 26.1. The van der Waals surface area contributed by atoms with E-state index >= 15 is 0 Å². The summed E-state index contributed by atoms with van der Waals surface area (Å²) >= 11 is 0. The zero-order chi connectivity index (χ0) is 24.6. The summed E-state index contributed by atoms with van der Waals surface area (Å²) in [6.45, 7) is 8.78. The lowest BCUT2D eigenvalue weighted by atomic mass is 9.76. The van der Waals surface area contributed by atoms with E-state index < -0.39 is 24.1 Å². The molecule has 3 N–H and O–H groups in total. The maximum Gasteiger partial charge on any atom is 0.303 e. The third kappa shape index (κ3) is 5.02. The van der Waals surface area contributed by atoms with E-state index in [0.717, 1.165) is 19.3 Å². The molecule has 0 aromatic carbocycles. The zero-order valence-corrected chi connectivity index (χ0v) is 20.5. The molecule has 0 bridgehead atoms. The first-order chi connectivity index (χ1) is 16.1. The van der Waals surface area contributed by atoms with Crippen molar-refractivity contribution >= 4 is 23.0 Å². The summed E-state index contributed by atoms with van der Waals surface area (Å²) in [5.41, 5.74) is 7.09. The van der Waals surface area contributed by atoms with Gasteiger partial charge in [0.05, 0.1) is 6.33 Å². The molecule has 11 heteroatoms. The van der Waals surface area contributed by atoms with Gasteiger partial charge < -0.3 is 25.1 Å². The van der Waals surface area contributed by atoms with Gasteiger partial charge in [0, 0.05) is 32.2 Å². The van der Waals surface area contributed by atoms with E-state index in [2.05, 4.69) is 33.7 Å². The number of carbonyl (C=O) groups is 1. The molecule has 2 fully saturated rings. The summed E-state index contributed by atoms with van der Waals surface area (Å²) in [5.74, 6) is -0.768. The van der Waals surface area contributed by atoms with Crippen LogP contribution in [0.3, 0.4) is 0 Å². The van der Waals surface area contributed by atoms with Gasteiger partial charge in [-0.15, -0.1) is 0 Å². The molecule has 0 amide bonds. The molecule has 3 atom stereocenters. The Morgan fingerprint density at radius 2 is 2.06 bits per heavy atom. The van der Waals surface area contributed by atoms with E-state index in [-0.39, 0.29) is 12.5 Å². The normalized spacial score (nSPS) is 27.4. The second kappa shape index (κ2) is 9.73. The molecule has 11 nitrogen and oxygen atoms in total. The first kappa shape index (κ1) is 24.8. The Labute approximate surface area is 199 Å². The van der Waals surface area contributed by atoms with Crippen molar-refractivity contribution in [1.82, 2.24) is 24.4 Å². The molecule has 4 rings (SSSR count). The first-order valence-electron chi connectivity index (χ1n) is 11.9. The Morgan fingerprint density at radius 1 is 1.32 bits per heavy atom. The Hall–Kier alpha value is -2.34. The van der Waals surface area contributed by atoms with Crippen LogP contribution in [-0.4, -0.2) is 79.2 Å². The number of fused-ring (bicyclic) bond motifs is 1. The second-order valence-electron chi connectivity index (χ2n) is 10.1. The quantitative estimate of drug-likeness (QED) is 0.526. The summed E-state index contributed by atoms with van der Waals surface area (Å²) in [5, 5.41) is 8.97. The molecule has 1 aliphatic heterocycles. The Morgan fingerprint density at radius 3 is 2.71 bits per heavy atom. The number of carboxylic acid groups (broad SMARTS) is 1. The van der Waals surface area contributed by atoms with Gasteiger partial charge in [-0.3, -0.25) is 14.3 Å². The fraction of sp³-hybridized carbons (Fsp3) is 0.739. The largest absolute Gasteiger partial charge is 0.481 e. The molecule has 1 saturated carbocycles. The van der Waals surface area contributed by atoms with Crippen LogP contribution >= 0.6 is 0 Å². The van der Waals surface area contributed by atoms with Crippen molar-refractivity contribution in [2.45, 2.75) is 89.7 Å². The van der Waals surface area contributed by atoms with E-state index in [0.29, 0.717) is 41.5 Å². The van der Waals surface area contributed by atoms with Crippen LogP contribution in [0.2, 0.25) is 0 Å². The highest BCUT2D eigenvalue weighted by Gasteiger charge is 2.48. The number of nitrogens with zero attached hydrogens (tertiary/aromatic N) is 5. The fourth-order valence-corrected chi connectivity index (χ4v) is 5.14. The number of hydrogen-bond acceptors (Lipinski definition) is 9. The van der Waals surface area contributed by atoms with E-state index in [1.807, 2.05) is 18.4 Å². The number of anilines is 1. The van der Waals surface area contributed by atoms with Crippen LogP contribution in [-0.2, 0) is 19.0 Å². The van der Waals surface area contributed by atoms with Crippen molar-refractivity contribution in [1.29, 1.82) is 0 Å². The van der Waals surface area contributed by atoms with Crippen molar-refractivity contribution in [3.8, 4) is 0 Å². The van der Waals surface area contributed by atoms with Crippen LogP contribution in [0.25, 0.3) is 11.2 Å². The predicted molar refractivity (Wildman–Crippen MR) is 125 cm³/mol. The minimum atomic E-state index is -0.817. The van der Waals surface area contributed by atoms with Gasteiger partial charge in [0.1, 0.15) is 24.1 Å². The zero-order valence-electron chi connectivity index (χ0n) is 20.5. The highest BCUT2D eigenvalue weighted by molar-refractivity contribution is 5.81. The molecule has 2 aromatic heterocycles. The Kier molecular flexibility index (Phi) is 7.09. The molecule has 0 radical (unpaired) electrons. The molecule has 2 aliphatic rings. The average Bonchev–Trinajstić information content (AvgIpc) is 3.29. The number of aliphatic carboxylic acids is 1. The minimum absolute atomic E-state index is 0.233. The highest BCUT2D eigenvalue weighted by Crippen LogP contribution is 2.40. The monoisotopic (exact) mass is 476 g/mol. The van der Waals surface area contributed by atoms with Gasteiger partial charge in [0.2, 0.25) is 0 Å². The SMILES string of the molecule is CO[C@H](CN(C(C)C)C1CC(CCC(=O)O)C1)[C@H]1OC(C)(C)O[C@H]1n1cnc2c(N)ncnc21. The summed E-state index contributed by atoms with van der Waals surface area (Å²) in [6, 6.07) is 0.699. The van der Waals surface area contributed by atoms with Gasteiger partial charge in [0.15, 0.2) is 23.5 Å². The van der Waals surface area contributed by atoms with Gasteiger partial charge in [-0.2, -0.15) is 0 Å². The molecular formula is C23H36N6O5. The van der Waals surface area contributed by atoms with Gasteiger partial charge >= 0.3 is 5.97 Å². The van der Waals surface area contributed by atoms with Crippen LogP contribution in [0.5, 0.6) is 0 Å². The number of methoxy groups -OCH3 is 1. The number of carboxylic acids is 1. The number of hydrogen-bond donors (Lipinski definition) is 2. The lowest BCUT2D eigenvalue weighted by Gasteiger charge is -2.46. The highest BCUT2D eigenvalue weighted by atomic mass is 16.8. The topological polar surface area (TPSA) is 138 Å². The lowest BCUT2D eigenvalue weighted by molar-refractivity contribution is -0.163. The maximum absolute atomic E-state index is 10.9. The number of nitrogen functional groups attached to an aromatic ring is 1. The van der Waals surface area contributed by atoms with Gasteiger partial charge in [-0.1, -0.05) is 0 Å². The third-order valence-electron chi connectivity index (χ3n) is 6.94. The number of aromatic nitrogens is 4. The fourth-order valence-electron chi connectivity index (χ4n) is 5.14. The second-order valence-corrected chi connectivity index (χ2v) is 10.1. The lowest BCUT2D eigenvalue weighted by Crippen LogP contribution is -2.53. The molecule has 34 heavy (non-hydrogen) atoms. The molecule has 0 spiro atoms. The van der Waals surface area contributed by atoms with Crippen molar-refractivity contribution in [3.63, 3.8) is 0 Å². The summed E-state index contributed by atoms with van der Waals surface area (Å²) in [7, 11) is 1.69. The number of ether oxygens (including phenoxy) is 3. The van der Waals surface area contributed by atoms with Crippen LogP contribution in [0.4, 0.5) is 5.82 Å². The standard InChI is InChI=1S/C23H36N6O5/c1-13(2)28(15-8-14(9-15)6-7-17(30)31)10-16(32-5)19-22(34-23(3,4)33-19)29-12-27-18-20(24)25-11-26-21(18)29/h11-16,19,22H,6-10H2,1-5H3,(H,30,31)(H2,24,25,26)/t14?,15?,16-,19-,22-/m1/s1. The predicted octanol–water partition coefficient (Wildman–Crippen LogP) is 2.43. The van der Waals surface area contributed by atoms with Crippen molar-refractivity contribution < 1.29 is 24.1 Å².